The van der Waals surface area contributed by atoms with Crippen LogP contribution in [0.5, 0.6) is 11.5 Å². The summed E-state index contributed by atoms with van der Waals surface area (Å²) in [5, 5.41) is 11.7. The molecule has 3 amide bonds. The van der Waals surface area contributed by atoms with Crippen molar-refractivity contribution in [1.82, 2.24) is 4.90 Å². The first-order chi connectivity index (χ1) is 18.7. The van der Waals surface area contributed by atoms with Gasteiger partial charge in [-0.05, 0) is 77.5 Å². The van der Waals surface area contributed by atoms with Crippen LogP contribution < -0.4 is 14.8 Å². The van der Waals surface area contributed by atoms with E-state index in [2.05, 4.69) is 5.32 Å². The van der Waals surface area contributed by atoms with Crippen molar-refractivity contribution >= 4 is 58.1 Å². The number of nitrogens with zero attached hydrogens (tertiary/aromatic N) is 1. The van der Waals surface area contributed by atoms with Crippen LogP contribution in [-0.2, 0) is 16.2 Å². The molecule has 0 atom stereocenters. The Morgan fingerprint density at radius 1 is 1.03 bits per heavy atom. The number of hydrogen-bond acceptors (Lipinski definition) is 7. The van der Waals surface area contributed by atoms with Crippen LogP contribution in [0.25, 0.3) is 6.08 Å². The van der Waals surface area contributed by atoms with E-state index < -0.39 is 23.0 Å². The lowest BCUT2D eigenvalue weighted by Crippen LogP contribution is -2.31. The quantitative estimate of drug-likeness (QED) is 0.300. The minimum atomic E-state index is -1.07. The molecule has 200 valence electrons. The summed E-state index contributed by atoms with van der Waals surface area (Å²) < 4.78 is 11.3. The number of aromatic carboxylic acids is 1. The minimum absolute atomic E-state index is 0.0929. The van der Waals surface area contributed by atoms with Crippen LogP contribution in [0.1, 0.15) is 27.9 Å². The molecule has 4 rings (SSSR count). The largest absolute Gasteiger partial charge is 0.493 e. The third-order valence-corrected chi connectivity index (χ3v) is 6.80. The minimum Gasteiger partial charge on any atom is -0.493 e. The summed E-state index contributed by atoms with van der Waals surface area (Å²) in [5.74, 6) is -1.01. The van der Waals surface area contributed by atoms with Crippen molar-refractivity contribution in [2.45, 2.75) is 13.0 Å². The number of halogens is 1. The Bertz CT molecular complexity index is 1440. The van der Waals surface area contributed by atoms with Gasteiger partial charge in [0.1, 0.15) is 6.61 Å². The summed E-state index contributed by atoms with van der Waals surface area (Å²) in [4.78, 5) is 49.8. The molecule has 0 radical (unpaired) electrons. The Labute approximate surface area is 233 Å². The van der Waals surface area contributed by atoms with Gasteiger partial charge in [-0.15, -0.1) is 0 Å². The molecule has 2 N–H and O–H groups in total. The van der Waals surface area contributed by atoms with Crippen molar-refractivity contribution in [3.8, 4) is 11.5 Å². The van der Waals surface area contributed by atoms with Crippen molar-refractivity contribution in [3.05, 3.63) is 93.3 Å². The molecule has 1 aliphatic rings. The maximum absolute atomic E-state index is 12.9. The van der Waals surface area contributed by atoms with Gasteiger partial charge < -0.3 is 19.9 Å². The second kappa shape index (κ2) is 12.5. The molecule has 0 unspecified atom stereocenters. The molecule has 0 saturated carbocycles. The van der Waals surface area contributed by atoms with E-state index in [0.29, 0.717) is 34.4 Å². The number of methoxy groups -OCH3 is 1. The summed E-state index contributed by atoms with van der Waals surface area (Å²) in [7, 11) is 1.51. The molecule has 3 aromatic rings. The fourth-order valence-corrected chi connectivity index (χ4v) is 4.60. The number of carboxylic acids is 1. The molecule has 39 heavy (non-hydrogen) atoms. The number of hydrogen-bond donors (Lipinski definition) is 2. The third kappa shape index (κ3) is 7.18. The molecule has 1 saturated heterocycles. The van der Waals surface area contributed by atoms with Gasteiger partial charge in [-0.1, -0.05) is 29.8 Å². The highest BCUT2D eigenvalue weighted by atomic mass is 35.5. The van der Waals surface area contributed by atoms with Gasteiger partial charge in [0.2, 0.25) is 5.91 Å². The second-order valence-electron chi connectivity index (χ2n) is 8.34. The highest BCUT2D eigenvalue weighted by Gasteiger charge is 2.35. The topological polar surface area (TPSA) is 122 Å². The van der Waals surface area contributed by atoms with Crippen molar-refractivity contribution in [1.29, 1.82) is 0 Å². The second-order valence-corrected chi connectivity index (χ2v) is 9.77. The molecular formula is C28H23ClN2O7S. The number of amides is 3. The molecule has 0 bridgehead atoms. The Morgan fingerprint density at radius 3 is 2.41 bits per heavy atom. The molecule has 3 aromatic carbocycles. The van der Waals surface area contributed by atoms with Gasteiger partial charge in [0, 0.05) is 23.7 Å². The standard InChI is InChI=1S/C28H23ClN2O7S/c1-37-23-14-18(4-11-22(23)38-16-17-2-7-20(29)8-3-17)15-24-26(33)31(28(36)39-24)13-12-25(32)30-21-9-5-19(6-10-21)27(34)35/h2-11,14-15H,12-13,16H2,1H3,(H,30,32)(H,34,35). The van der Waals surface area contributed by atoms with Crippen molar-refractivity contribution in [2.75, 3.05) is 19.0 Å². The van der Waals surface area contributed by atoms with E-state index in [1.165, 1.54) is 31.4 Å². The first-order valence-electron chi connectivity index (χ1n) is 11.7. The predicted molar refractivity (Wildman–Crippen MR) is 148 cm³/mol. The highest BCUT2D eigenvalue weighted by molar-refractivity contribution is 8.18. The van der Waals surface area contributed by atoms with Crippen LogP contribution in [-0.4, -0.2) is 46.7 Å². The zero-order valence-electron chi connectivity index (χ0n) is 20.7. The summed E-state index contributed by atoms with van der Waals surface area (Å²) in [6.07, 6.45) is 1.47. The average molecular weight is 567 g/mol. The van der Waals surface area contributed by atoms with Crippen molar-refractivity contribution in [2.24, 2.45) is 0 Å². The van der Waals surface area contributed by atoms with Crippen molar-refractivity contribution in [3.63, 3.8) is 0 Å². The number of ether oxygens (including phenoxy) is 2. The first-order valence-corrected chi connectivity index (χ1v) is 12.9. The summed E-state index contributed by atoms with van der Waals surface area (Å²) in [5.41, 5.74) is 2.08. The molecule has 0 spiro atoms. The van der Waals surface area contributed by atoms with E-state index in [1.807, 2.05) is 12.1 Å². The number of rotatable bonds is 10. The number of anilines is 1. The SMILES string of the molecule is COc1cc(C=C2SC(=O)N(CCC(=O)Nc3ccc(C(=O)O)cc3)C2=O)ccc1OCc1ccc(Cl)cc1. The molecule has 11 heteroatoms. The van der Waals surface area contributed by atoms with Crippen molar-refractivity contribution < 1.29 is 33.8 Å². The molecule has 9 nitrogen and oxygen atoms in total. The van der Waals surface area contributed by atoms with E-state index in [1.54, 1.807) is 36.4 Å². The summed E-state index contributed by atoms with van der Waals surface area (Å²) in [6.45, 7) is 0.217. The van der Waals surface area contributed by atoms with E-state index in [9.17, 15) is 19.2 Å². The average Bonchev–Trinajstić information content (AvgIpc) is 3.19. The fraction of sp³-hybridized carbons (Fsp3) is 0.143. The van der Waals surface area contributed by atoms with Crippen LogP contribution in [0, 0.1) is 0 Å². The van der Waals surface area contributed by atoms with Gasteiger partial charge in [-0.3, -0.25) is 19.3 Å². The fourth-order valence-electron chi connectivity index (χ4n) is 3.61. The van der Waals surface area contributed by atoms with Crippen LogP contribution >= 0.6 is 23.4 Å². The number of imide groups is 1. The number of thioether (sulfide) groups is 1. The lowest BCUT2D eigenvalue weighted by molar-refractivity contribution is -0.123. The monoisotopic (exact) mass is 566 g/mol. The smallest absolute Gasteiger partial charge is 0.335 e. The lowest BCUT2D eigenvalue weighted by atomic mass is 10.1. The first kappa shape index (κ1) is 27.7. The molecule has 1 fully saturated rings. The Morgan fingerprint density at radius 2 is 1.74 bits per heavy atom. The van der Waals surface area contributed by atoms with Gasteiger partial charge in [-0.25, -0.2) is 4.79 Å². The third-order valence-electron chi connectivity index (χ3n) is 5.64. The zero-order chi connectivity index (χ0) is 27.9. The van der Waals surface area contributed by atoms with Gasteiger partial charge in [0.25, 0.3) is 11.1 Å². The summed E-state index contributed by atoms with van der Waals surface area (Å²) in [6, 6.07) is 18.1. The molecule has 0 aliphatic carbocycles. The van der Waals surface area contributed by atoms with Crippen LogP contribution in [0.15, 0.2) is 71.6 Å². The normalized spacial score (nSPS) is 14.0. The number of nitrogens with one attached hydrogen (secondary N) is 1. The predicted octanol–water partition coefficient (Wildman–Crippen LogP) is 5.69. The number of carboxylic acid groups (broad SMARTS) is 1. The Hall–Kier alpha value is -4.28. The highest BCUT2D eigenvalue weighted by Crippen LogP contribution is 2.35. The van der Waals surface area contributed by atoms with E-state index in [4.69, 9.17) is 26.2 Å². The molecular weight excluding hydrogens is 544 g/mol. The van der Waals surface area contributed by atoms with E-state index in [0.717, 1.165) is 22.2 Å². The Kier molecular flexibility index (Phi) is 8.90. The molecule has 1 aliphatic heterocycles. The lowest BCUT2D eigenvalue weighted by Gasteiger charge is -2.12. The summed E-state index contributed by atoms with van der Waals surface area (Å²) >= 11 is 6.71. The number of carbonyl (C=O) groups excluding carboxylic acids is 3. The van der Waals surface area contributed by atoms with Gasteiger partial charge in [-0.2, -0.15) is 0 Å². The van der Waals surface area contributed by atoms with Crippen LogP contribution in [0.3, 0.4) is 0 Å². The number of carbonyl (C=O) groups is 4. The number of benzene rings is 3. The van der Waals surface area contributed by atoms with Crippen LogP contribution in [0.2, 0.25) is 5.02 Å². The maximum atomic E-state index is 12.9. The van der Waals surface area contributed by atoms with Gasteiger partial charge in [0.15, 0.2) is 11.5 Å². The molecule has 1 heterocycles. The zero-order valence-corrected chi connectivity index (χ0v) is 22.3. The van der Waals surface area contributed by atoms with E-state index in [-0.39, 0.29) is 23.4 Å². The van der Waals surface area contributed by atoms with Gasteiger partial charge in [0.05, 0.1) is 17.6 Å². The molecule has 0 aromatic heterocycles. The Balaban J connectivity index is 1.35. The van der Waals surface area contributed by atoms with E-state index >= 15 is 0 Å². The maximum Gasteiger partial charge on any atom is 0.335 e. The van der Waals surface area contributed by atoms with Gasteiger partial charge >= 0.3 is 5.97 Å². The van der Waals surface area contributed by atoms with Crippen LogP contribution in [0.4, 0.5) is 10.5 Å².